The van der Waals surface area contributed by atoms with Gasteiger partial charge in [0.15, 0.2) is 0 Å². The van der Waals surface area contributed by atoms with Crippen molar-refractivity contribution in [2.75, 3.05) is 51.2 Å². The van der Waals surface area contributed by atoms with E-state index in [1.165, 1.54) is 12.0 Å². The van der Waals surface area contributed by atoms with Gasteiger partial charge in [-0.1, -0.05) is 12.1 Å². The number of likely N-dealkylation sites (tertiary alicyclic amines) is 1. The molecule has 11 heteroatoms. The van der Waals surface area contributed by atoms with Crippen molar-refractivity contribution in [1.82, 2.24) is 19.8 Å². The Labute approximate surface area is 243 Å². The minimum Gasteiger partial charge on any atom is -0.489 e. The van der Waals surface area contributed by atoms with Gasteiger partial charge in [0.25, 0.3) is 5.91 Å². The van der Waals surface area contributed by atoms with Crippen LogP contribution < -0.4 is 9.64 Å². The molecule has 42 heavy (non-hydrogen) atoms. The molecule has 0 saturated carbocycles. The highest BCUT2D eigenvalue weighted by atomic mass is 19.3. The lowest BCUT2D eigenvalue weighted by Crippen LogP contribution is -2.44. The normalized spacial score (nSPS) is 17.6. The van der Waals surface area contributed by atoms with Crippen LogP contribution in [0.15, 0.2) is 53.8 Å². The minimum absolute atomic E-state index is 0.194. The van der Waals surface area contributed by atoms with Crippen LogP contribution in [-0.2, 0) is 11.2 Å². The van der Waals surface area contributed by atoms with Gasteiger partial charge in [0, 0.05) is 69.8 Å². The van der Waals surface area contributed by atoms with E-state index in [2.05, 4.69) is 57.2 Å². The number of likely N-dealkylation sites (N-methyl/N-ethyl adjacent to an activating group) is 1. The van der Waals surface area contributed by atoms with Crippen LogP contribution in [0.4, 0.5) is 20.2 Å². The third-order valence-corrected chi connectivity index (χ3v) is 8.16. The minimum atomic E-state index is -3.00. The fourth-order valence-electron chi connectivity index (χ4n) is 5.68. The molecular formula is C31H31F2N7O2. The molecule has 0 radical (unpaired) electrons. The number of amides is 1. The zero-order chi connectivity index (χ0) is 29.2. The lowest BCUT2D eigenvalue weighted by molar-refractivity contribution is -0.144. The van der Waals surface area contributed by atoms with Gasteiger partial charge in [-0.2, -0.15) is 14.0 Å². The Bertz CT molecular complexity index is 1540. The fourth-order valence-corrected chi connectivity index (χ4v) is 5.68. The van der Waals surface area contributed by atoms with E-state index in [-0.39, 0.29) is 19.2 Å². The molecular weight excluding hydrogens is 540 g/mol. The number of alkyl halides is 2. The Morgan fingerprint density at radius 1 is 1.00 bits per heavy atom. The van der Waals surface area contributed by atoms with E-state index in [9.17, 15) is 18.8 Å². The quantitative estimate of drug-likeness (QED) is 0.440. The van der Waals surface area contributed by atoms with E-state index >= 15 is 0 Å². The number of rotatable bonds is 6. The van der Waals surface area contributed by atoms with Gasteiger partial charge in [-0.15, -0.1) is 0 Å². The van der Waals surface area contributed by atoms with Gasteiger partial charge in [0.1, 0.15) is 29.9 Å². The van der Waals surface area contributed by atoms with E-state index in [0.29, 0.717) is 42.0 Å². The lowest BCUT2D eigenvalue weighted by Gasteiger charge is -2.34. The first-order valence-electron chi connectivity index (χ1n) is 14.1. The molecule has 3 aromatic rings. The van der Waals surface area contributed by atoms with Crippen LogP contribution in [0.2, 0.25) is 0 Å². The zero-order valence-corrected chi connectivity index (χ0v) is 23.3. The standard InChI is InChI=1S/C31H31F2N7O2/c1-38-12-14-39(15-13-38)23-5-2-20(3-6-23)25-17-26-29(37-25)28(36-19-35-26)21-4-7-27(22(16-21)18-34)42-24-8-10-40(11-9-24)31(41)30(32)33/h2-7,16,19,24,30H,8-15,17H2,1H3. The summed E-state index contributed by atoms with van der Waals surface area (Å²) >= 11 is 0. The molecule has 4 heterocycles. The number of carbonyl (C=O) groups is 1. The fraction of sp³-hybridized carbons (Fsp3) is 0.387. The maximum Gasteiger partial charge on any atom is 0.315 e. The summed E-state index contributed by atoms with van der Waals surface area (Å²) in [5.74, 6) is -0.739. The largest absolute Gasteiger partial charge is 0.489 e. The molecule has 2 aromatic carbocycles. The predicted molar refractivity (Wildman–Crippen MR) is 154 cm³/mol. The summed E-state index contributed by atoms with van der Waals surface area (Å²) < 4.78 is 31.5. The number of benzene rings is 2. The van der Waals surface area contributed by atoms with Crippen LogP contribution in [0, 0.1) is 11.3 Å². The third-order valence-electron chi connectivity index (χ3n) is 8.16. The molecule has 3 aliphatic heterocycles. The van der Waals surface area contributed by atoms with Gasteiger partial charge >= 0.3 is 6.43 Å². The van der Waals surface area contributed by atoms with E-state index in [1.54, 1.807) is 12.1 Å². The number of hydrogen-bond donors (Lipinski definition) is 0. The predicted octanol–water partition coefficient (Wildman–Crippen LogP) is 4.08. The monoisotopic (exact) mass is 571 g/mol. The van der Waals surface area contributed by atoms with Crippen molar-refractivity contribution in [1.29, 1.82) is 5.26 Å². The van der Waals surface area contributed by atoms with Crippen molar-refractivity contribution in [3.05, 3.63) is 65.6 Å². The molecule has 0 spiro atoms. The molecule has 1 amide bonds. The van der Waals surface area contributed by atoms with E-state index in [4.69, 9.17) is 9.73 Å². The summed E-state index contributed by atoms with van der Waals surface area (Å²) in [6.45, 7) is 4.52. The second kappa shape index (κ2) is 11.8. The van der Waals surface area contributed by atoms with Crippen molar-refractivity contribution < 1.29 is 18.3 Å². The number of nitriles is 1. The number of carbonyl (C=O) groups excluding carboxylic acids is 1. The van der Waals surface area contributed by atoms with Crippen molar-refractivity contribution in [3.8, 4) is 23.1 Å². The Morgan fingerprint density at radius 3 is 2.40 bits per heavy atom. The second-order valence-electron chi connectivity index (χ2n) is 10.9. The lowest BCUT2D eigenvalue weighted by atomic mass is 10.0. The molecule has 0 bridgehead atoms. The molecule has 0 N–H and O–H groups in total. The highest BCUT2D eigenvalue weighted by molar-refractivity contribution is 6.07. The zero-order valence-electron chi connectivity index (χ0n) is 23.3. The Kier molecular flexibility index (Phi) is 7.80. The third kappa shape index (κ3) is 5.67. The molecule has 6 rings (SSSR count). The molecule has 0 aliphatic carbocycles. The highest BCUT2D eigenvalue weighted by Crippen LogP contribution is 2.37. The van der Waals surface area contributed by atoms with Gasteiger partial charge in [0.2, 0.25) is 0 Å². The van der Waals surface area contributed by atoms with Gasteiger partial charge < -0.3 is 19.4 Å². The molecule has 0 atom stereocenters. The summed E-state index contributed by atoms with van der Waals surface area (Å²) in [7, 11) is 2.15. The van der Waals surface area contributed by atoms with Crippen LogP contribution in [0.5, 0.6) is 5.75 Å². The van der Waals surface area contributed by atoms with Crippen molar-refractivity contribution in [2.45, 2.75) is 31.8 Å². The van der Waals surface area contributed by atoms with Crippen LogP contribution in [0.25, 0.3) is 11.3 Å². The highest BCUT2D eigenvalue weighted by Gasteiger charge is 2.29. The number of aliphatic imine (C=N–C) groups is 1. The number of ether oxygens (including phenoxy) is 1. The van der Waals surface area contributed by atoms with Crippen molar-refractivity contribution >= 4 is 23.0 Å². The number of hydrogen-bond acceptors (Lipinski definition) is 8. The SMILES string of the molecule is CN1CCN(c2ccc(C3=Nc4c(ncnc4-c4ccc(OC5CCN(C(=O)C(F)F)CC5)c(C#N)c4)C3)cc2)CC1. The van der Waals surface area contributed by atoms with E-state index < -0.39 is 12.3 Å². The summed E-state index contributed by atoms with van der Waals surface area (Å²) in [4.78, 5) is 31.4. The number of piperidine rings is 1. The van der Waals surface area contributed by atoms with Gasteiger partial charge in [-0.3, -0.25) is 4.79 Å². The molecule has 2 saturated heterocycles. The van der Waals surface area contributed by atoms with Crippen molar-refractivity contribution in [3.63, 3.8) is 0 Å². The van der Waals surface area contributed by atoms with Gasteiger partial charge in [-0.25, -0.2) is 15.0 Å². The van der Waals surface area contributed by atoms with Crippen LogP contribution >= 0.6 is 0 Å². The first-order chi connectivity index (χ1) is 20.4. The number of nitrogens with zero attached hydrogens (tertiary/aromatic N) is 7. The first-order valence-corrected chi connectivity index (χ1v) is 14.1. The Balaban J connectivity index is 1.17. The van der Waals surface area contributed by atoms with E-state index in [0.717, 1.165) is 53.6 Å². The van der Waals surface area contributed by atoms with Gasteiger partial charge in [-0.05, 0) is 42.9 Å². The molecule has 216 valence electrons. The summed E-state index contributed by atoms with van der Waals surface area (Å²) in [6, 6.07) is 16.0. The maximum absolute atomic E-state index is 12.7. The number of anilines is 1. The Hall–Kier alpha value is -4.43. The van der Waals surface area contributed by atoms with Crippen molar-refractivity contribution in [2.24, 2.45) is 4.99 Å². The smallest absolute Gasteiger partial charge is 0.315 e. The van der Waals surface area contributed by atoms with E-state index in [1.807, 2.05) is 6.07 Å². The molecule has 9 nitrogen and oxygen atoms in total. The van der Waals surface area contributed by atoms with Crippen LogP contribution in [0.1, 0.15) is 29.7 Å². The average Bonchev–Trinajstić information content (AvgIpc) is 3.46. The van der Waals surface area contributed by atoms with Crippen LogP contribution in [0.3, 0.4) is 0 Å². The number of halogens is 2. The molecule has 2 fully saturated rings. The van der Waals surface area contributed by atoms with Crippen LogP contribution in [-0.4, -0.2) is 90.2 Å². The number of fused-ring (bicyclic) bond motifs is 1. The Morgan fingerprint density at radius 2 is 1.71 bits per heavy atom. The summed E-state index contributed by atoms with van der Waals surface area (Å²) in [5.41, 5.74) is 6.42. The maximum atomic E-state index is 12.7. The number of piperazine rings is 1. The topological polar surface area (TPSA) is 98.0 Å². The summed E-state index contributed by atoms with van der Waals surface area (Å²) in [6.07, 6.45) is -0.331. The summed E-state index contributed by atoms with van der Waals surface area (Å²) in [5, 5.41) is 9.88. The molecule has 3 aliphatic rings. The number of aromatic nitrogens is 2. The molecule has 0 unspecified atom stereocenters. The average molecular weight is 572 g/mol. The second-order valence-corrected chi connectivity index (χ2v) is 10.9. The van der Waals surface area contributed by atoms with Gasteiger partial charge in [0.05, 0.1) is 22.7 Å². The first kappa shape index (κ1) is 27.7. The molecule has 1 aromatic heterocycles.